The van der Waals surface area contributed by atoms with Gasteiger partial charge in [0.05, 0.1) is 10.6 Å². The Hall–Kier alpha value is -3.38. The summed E-state index contributed by atoms with van der Waals surface area (Å²) in [6.07, 6.45) is 0. The average molecular weight is 377 g/mol. The predicted octanol–water partition coefficient (Wildman–Crippen LogP) is 4.47. The standard InChI is InChI=1S/C21H15NO4S/c23-21(20-15-16-9-7-8-14-19(16)26-20)22(17-10-3-1-4-11-17)27(24,25)18-12-5-2-6-13-18/h1-15H. The Morgan fingerprint density at radius 3 is 2.04 bits per heavy atom. The monoisotopic (exact) mass is 377 g/mol. The molecule has 1 aromatic heterocycles. The van der Waals surface area contributed by atoms with Gasteiger partial charge in [0.1, 0.15) is 5.58 Å². The second-order valence-electron chi connectivity index (χ2n) is 5.87. The van der Waals surface area contributed by atoms with Gasteiger partial charge in [-0.2, -0.15) is 4.31 Å². The minimum Gasteiger partial charge on any atom is -0.451 e. The van der Waals surface area contributed by atoms with Gasteiger partial charge in [-0.05, 0) is 36.4 Å². The Balaban J connectivity index is 1.87. The van der Waals surface area contributed by atoms with E-state index >= 15 is 0 Å². The van der Waals surface area contributed by atoms with Gasteiger partial charge in [0.25, 0.3) is 10.0 Å². The summed E-state index contributed by atoms with van der Waals surface area (Å²) in [4.78, 5) is 13.2. The van der Waals surface area contributed by atoms with Crippen LogP contribution in [-0.4, -0.2) is 14.3 Å². The maximum Gasteiger partial charge on any atom is 0.308 e. The molecule has 3 aromatic carbocycles. The SMILES string of the molecule is O=C(c1cc2ccccc2o1)N(c1ccccc1)S(=O)(=O)c1ccccc1. The first-order chi connectivity index (χ1) is 13.1. The number of para-hydroxylation sites is 2. The van der Waals surface area contributed by atoms with Crippen LogP contribution in [0.3, 0.4) is 0 Å². The van der Waals surface area contributed by atoms with E-state index < -0.39 is 15.9 Å². The molecular weight excluding hydrogens is 362 g/mol. The van der Waals surface area contributed by atoms with Crippen molar-refractivity contribution in [3.8, 4) is 0 Å². The molecule has 27 heavy (non-hydrogen) atoms. The highest BCUT2D eigenvalue weighted by molar-refractivity contribution is 7.93. The van der Waals surface area contributed by atoms with Crippen LogP contribution in [0.1, 0.15) is 10.6 Å². The van der Waals surface area contributed by atoms with Gasteiger partial charge in [-0.15, -0.1) is 0 Å². The molecule has 134 valence electrons. The maximum atomic E-state index is 13.2. The van der Waals surface area contributed by atoms with Crippen molar-refractivity contribution in [2.45, 2.75) is 4.90 Å². The molecule has 0 aliphatic carbocycles. The van der Waals surface area contributed by atoms with E-state index in [0.717, 1.165) is 9.69 Å². The first-order valence-electron chi connectivity index (χ1n) is 8.26. The van der Waals surface area contributed by atoms with Crippen LogP contribution in [0.15, 0.2) is 100 Å². The van der Waals surface area contributed by atoms with E-state index in [0.29, 0.717) is 5.58 Å². The van der Waals surface area contributed by atoms with E-state index in [1.165, 1.54) is 12.1 Å². The van der Waals surface area contributed by atoms with Crippen molar-refractivity contribution in [2.24, 2.45) is 0 Å². The van der Waals surface area contributed by atoms with Crippen molar-refractivity contribution in [3.05, 3.63) is 96.8 Å². The van der Waals surface area contributed by atoms with Crippen molar-refractivity contribution in [1.29, 1.82) is 0 Å². The van der Waals surface area contributed by atoms with E-state index in [9.17, 15) is 13.2 Å². The topological polar surface area (TPSA) is 67.6 Å². The summed E-state index contributed by atoms with van der Waals surface area (Å²) in [7, 11) is -4.12. The summed E-state index contributed by atoms with van der Waals surface area (Å²) < 4.78 is 32.8. The van der Waals surface area contributed by atoms with Crippen molar-refractivity contribution in [3.63, 3.8) is 0 Å². The van der Waals surface area contributed by atoms with Gasteiger partial charge in [-0.1, -0.05) is 54.6 Å². The molecule has 0 bridgehead atoms. The number of hydrogen-bond donors (Lipinski definition) is 0. The molecule has 0 atom stereocenters. The zero-order chi connectivity index (χ0) is 18.9. The van der Waals surface area contributed by atoms with Gasteiger partial charge in [0, 0.05) is 5.39 Å². The Morgan fingerprint density at radius 2 is 1.37 bits per heavy atom. The third-order valence-corrected chi connectivity index (χ3v) is 5.82. The number of hydrogen-bond acceptors (Lipinski definition) is 4. The molecule has 5 nitrogen and oxygen atoms in total. The molecule has 0 fully saturated rings. The molecule has 0 N–H and O–H groups in total. The van der Waals surface area contributed by atoms with Gasteiger partial charge in [0.15, 0.2) is 5.76 Å². The number of fused-ring (bicyclic) bond motifs is 1. The summed E-state index contributed by atoms with van der Waals surface area (Å²) in [5, 5.41) is 0.728. The molecule has 1 heterocycles. The fourth-order valence-electron chi connectivity index (χ4n) is 2.81. The second-order valence-corrected chi connectivity index (χ2v) is 7.66. The number of anilines is 1. The van der Waals surface area contributed by atoms with Crippen LogP contribution in [-0.2, 0) is 10.0 Å². The first kappa shape index (κ1) is 17.1. The lowest BCUT2D eigenvalue weighted by molar-refractivity contribution is 0.0981. The second kappa shape index (κ2) is 6.74. The lowest BCUT2D eigenvalue weighted by Crippen LogP contribution is -2.36. The fraction of sp³-hybridized carbons (Fsp3) is 0. The van der Waals surface area contributed by atoms with Gasteiger partial charge < -0.3 is 4.42 Å². The van der Waals surface area contributed by atoms with E-state index in [2.05, 4.69) is 0 Å². The number of sulfonamides is 1. The lowest BCUT2D eigenvalue weighted by Gasteiger charge is -2.21. The number of rotatable bonds is 4. The number of carbonyl (C=O) groups is 1. The van der Waals surface area contributed by atoms with E-state index in [1.807, 2.05) is 6.07 Å². The van der Waals surface area contributed by atoms with Crippen molar-refractivity contribution in [2.75, 3.05) is 4.31 Å². The van der Waals surface area contributed by atoms with Crippen molar-refractivity contribution >= 4 is 32.6 Å². The zero-order valence-electron chi connectivity index (χ0n) is 14.1. The van der Waals surface area contributed by atoms with Gasteiger partial charge >= 0.3 is 5.91 Å². The van der Waals surface area contributed by atoms with Gasteiger partial charge in [-0.3, -0.25) is 4.79 Å². The van der Waals surface area contributed by atoms with Crippen LogP contribution in [0.2, 0.25) is 0 Å². The molecule has 6 heteroatoms. The van der Waals surface area contributed by atoms with E-state index in [1.54, 1.807) is 72.8 Å². The smallest absolute Gasteiger partial charge is 0.308 e. The van der Waals surface area contributed by atoms with Gasteiger partial charge in [0.2, 0.25) is 0 Å². The third-order valence-electron chi connectivity index (χ3n) is 4.09. The quantitative estimate of drug-likeness (QED) is 0.526. The lowest BCUT2D eigenvalue weighted by atomic mass is 10.2. The van der Waals surface area contributed by atoms with Crippen LogP contribution in [0, 0.1) is 0 Å². The normalized spacial score (nSPS) is 11.4. The minimum atomic E-state index is -4.12. The molecule has 1 amide bonds. The largest absolute Gasteiger partial charge is 0.451 e. The summed E-state index contributed by atoms with van der Waals surface area (Å²) in [5.41, 5.74) is 0.762. The molecule has 0 aliphatic heterocycles. The predicted molar refractivity (Wildman–Crippen MR) is 103 cm³/mol. The molecule has 0 radical (unpaired) electrons. The Bertz CT molecular complexity index is 1170. The summed E-state index contributed by atoms with van der Waals surface area (Å²) in [6, 6.07) is 24.8. The molecule has 0 saturated carbocycles. The summed E-state index contributed by atoms with van der Waals surface area (Å²) >= 11 is 0. The minimum absolute atomic E-state index is 0.0262. The summed E-state index contributed by atoms with van der Waals surface area (Å²) in [5.74, 6) is -0.791. The fourth-order valence-corrected chi connectivity index (χ4v) is 4.23. The number of furan rings is 1. The van der Waals surface area contributed by atoms with E-state index in [-0.39, 0.29) is 16.3 Å². The zero-order valence-corrected chi connectivity index (χ0v) is 15.0. The Labute approximate surface area is 156 Å². The molecule has 0 aliphatic rings. The van der Waals surface area contributed by atoms with Crippen LogP contribution >= 0.6 is 0 Å². The highest BCUT2D eigenvalue weighted by atomic mass is 32.2. The highest BCUT2D eigenvalue weighted by Crippen LogP contribution is 2.28. The molecular formula is C21H15NO4S. The number of amides is 1. The molecule has 0 spiro atoms. The van der Waals surface area contributed by atoms with Crippen LogP contribution in [0.25, 0.3) is 11.0 Å². The average Bonchev–Trinajstić information content (AvgIpc) is 3.14. The molecule has 4 rings (SSSR count). The Kier molecular flexibility index (Phi) is 4.25. The van der Waals surface area contributed by atoms with E-state index in [4.69, 9.17) is 4.42 Å². The Morgan fingerprint density at radius 1 is 0.778 bits per heavy atom. The number of benzene rings is 3. The van der Waals surface area contributed by atoms with Crippen molar-refractivity contribution < 1.29 is 17.6 Å². The summed E-state index contributed by atoms with van der Waals surface area (Å²) in [6.45, 7) is 0. The van der Waals surface area contributed by atoms with Crippen molar-refractivity contribution in [1.82, 2.24) is 0 Å². The molecule has 0 unspecified atom stereocenters. The highest BCUT2D eigenvalue weighted by Gasteiger charge is 2.33. The van der Waals surface area contributed by atoms with Crippen LogP contribution in [0.5, 0.6) is 0 Å². The van der Waals surface area contributed by atoms with Crippen LogP contribution < -0.4 is 4.31 Å². The molecule has 4 aromatic rings. The van der Waals surface area contributed by atoms with Gasteiger partial charge in [-0.25, -0.2) is 8.42 Å². The third kappa shape index (κ3) is 3.11. The number of carbonyl (C=O) groups excluding carboxylic acids is 1. The van der Waals surface area contributed by atoms with Crippen LogP contribution in [0.4, 0.5) is 5.69 Å². The molecule has 0 saturated heterocycles. The maximum absolute atomic E-state index is 13.2. The first-order valence-corrected chi connectivity index (χ1v) is 9.70. The number of nitrogens with zero attached hydrogens (tertiary/aromatic N) is 1.